The van der Waals surface area contributed by atoms with Gasteiger partial charge in [0.2, 0.25) is 5.91 Å². The molecule has 0 spiro atoms. The number of primary amides is 1. The maximum Gasteiger partial charge on any atom is 0.243 e. The molecule has 0 saturated heterocycles. The van der Waals surface area contributed by atoms with E-state index in [0.717, 1.165) is 13.0 Å². The highest BCUT2D eigenvalue weighted by Gasteiger charge is 2.08. The molecule has 6 nitrogen and oxygen atoms in total. The number of rotatable bonds is 7. The van der Waals surface area contributed by atoms with Crippen LogP contribution in [0.1, 0.15) is 17.2 Å². The van der Waals surface area contributed by atoms with Crippen molar-refractivity contribution in [1.82, 2.24) is 14.8 Å². The third kappa shape index (κ3) is 4.17. The number of benzene rings is 1. The zero-order chi connectivity index (χ0) is 14.4. The molecule has 0 aliphatic carbocycles. The Labute approximate surface area is 117 Å². The molecule has 0 aliphatic rings. The third-order valence-electron chi connectivity index (χ3n) is 2.78. The van der Waals surface area contributed by atoms with Gasteiger partial charge in [0.15, 0.2) is 5.82 Å². The van der Waals surface area contributed by atoms with Gasteiger partial charge in [0.25, 0.3) is 0 Å². The Balaban J connectivity index is 1.95. The van der Waals surface area contributed by atoms with Crippen molar-refractivity contribution in [2.45, 2.75) is 26.5 Å². The van der Waals surface area contributed by atoms with E-state index in [-0.39, 0.29) is 13.2 Å². The fourth-order valence-electron chi connectivity index (χ4n) is 1.91. The van der Waals surface area contributed by atoms with E-state index in [4.69, 9.17) is 10.5 Å². The van der Waals surface area contributed by atoms with Crippen LogP contribution in [0.4, 0.5) is 0 Å². The maximum atomic E-state index is 10.6. The summed E-state index contributed by atoms with van der Waals surface area (Å²) in [6.07, 6.45) is 0.868. The second-order valence-corrected chi connectivity index (χ2v) is 4.49. The van der Waals surface area contributed by atoms with Gasteiger partial charge in [-0.25, -0.2) is 9.67 Å². The molecule has 0 atom stereocenters. The van der Waals surface area contributed by atoms with Gasteiger partial charge >= 0.3 is 0 Å². The van der Waals surface area contributed by atoms with Gasteiger partial charge in [-0.15, -0.1) is 0 Å². The van der Waals surface area contributed by atoms with Gasteiger partial charge in [-0.1, -0.05) is 30.3 Å². The van der Waals surface area contributed by atoms with Crippen LogP contribution in [0.3, 0.4) is 0 Å². The highest BCUT2D eigenvalue weighted by molar-refractivity contribution is 5.74. The van der Waals surface area contributed by atoms with Crippen molar-refractivity contribution < 1.29 is 9.53 Å². The Bertz CT molecular complexity index is 566. The molecule has 1 amide bonds. The first-order chi connectivity index (χ1) is 9.65. The Hall–Kier alpha value is -2.21. The van der Waals surface area contributed by atoms with Gasteiger partial charge in [0, 0.05) is 6.54 Å². The van der Waals surface area contributed by atoms with Crippen molar-refractivity contribution in [3.63, 3.8) is 0 Å². The van der Waals surface area contributed by atoms with Crippen LogP contribution in [0.2, 0.25) is 0 Å². The molecule has 2 aromatic rings. The van der Waals surface area contributed by atoms with Crippen LogP contribution < -0.4 is 5.73 Å². The van der Waals surface area contributed by atoms with E-state index >= 15 is 0 Å². The molecular formula is C14H18N4O2. The molecule has 0 saturated carbocycles. The van der Waals surface area contributed by atoms with E-state index in [0.29, 0.717) is 11.6 Å². The predicted molar refractivity (Wildman–Crippen MR) is 73.8 cm³/mol. The molecule has 0 bridgehead atoms. The molecule has 0 fully saturated rings. The number of amides is 1. The SMILES string of the molecule is Cc1nc(COCC(N)=O)n(CCc2ccccc2)n1. The molecular weight excluding hydrogens is 256 g/mol. The number of hydrogen-bond donors (Lipinski definition) is 1. The van der Waals surface area contributed by atoms with Gasteiger partial charge < -0.3 is 10.5 Å². The van der Waals surface area contributed by atoms with Crippen LogP contribution in [0.25, 0.3) is 0 Å². The topological polar surface area (TPSA) is 83.0 Å². The number of carbonyl (C=O) groups excluding carboxylic acids is 1. The average molecular weight is 274 g/mol. The van der Waals surface area contributed by atoms with Crippen LogP contribution in [-0.2, 0) is 29.1 Å². The first-order valence-electron chi connectivity index (χ1n) is 6.45. The predicted octanol–water partition coefficient (Wildman–Crippen LogP) is 0.831. The molecule has 1 aromatic carbocycles. The van der Waals surface area contributed by atoms with Crippen molar-refractivity contribution >= 4 is 5.91 Å². The standard InChI is InChI=1S/C14H18N4O2/c1-11-16-14(10-20-9-13(15)19)18(17-11)8-7-12-5-3-2-4-6-12/h2-6H,7-10H2,1H3,(H2,15,19). The summed E-state index contributed by atoms with van der Waals surface area (Å²) in [5.74, 6) is 0.910. The second-order valence-electron chi connectivity index (χ2n) is 4.49. The monoisotopic (exact) mass is 274 g/mol. The van der Waals surface area contributed by atoms with Crippen LogP contribution >= 0.6 is 0 Å². The Kier molecular flexibility index (Phi) is 4.84. The van der Waals surface area contributed by atoms with E-state index in [1.807, 2.05) is 29.8 Å². The summed E-state index contributed by atoms with van der Waals surface area (Å²) in [5, 5.41) is 4.33. The molecule has 1 aromatic heterocycles. The van der Waals surface area contributed by atoms with Crippen molar-refractivity contribution in [3.05, 3.63) is 47.5 Å². The Morgan fingerprint density at radius 1 is 1.35 bits per heavy atom. The van der Waals surface area contributed by atoms with Crippen LogP contribution in [-0.4, -0.2) is 27.3 Å². The van der Waals surface area contributed by atoms with Gasteiger partial charge in [-0.2, -0.15) is 5.10 Å². The number of ether oxygens (including phenoxy) is 1. The van der Waals surface area contributed by atoms with E-state index < -0.39 is 5.91 Å². The smallest absolute Gasteiger partial charge is 0.243 e. The lowest BCUT2D eigenvalue weighted by molar-refractivity contribution is -0.123. The first-order valence-corrected chi connectivity index (χ1v) is 6.45. The van der Waals surface area contributed by atoms with Crippen LogP contribution in [0, 0.1) is 6.92 Å². The Morgan fingerprint density at radius 2 is 2.10 bits per heavy atom. The van der Waals surface area contributed by atoms with Gasteiger partial charge in [0.05, 0.1) is 0 Å². The number of nitrogens with two attached hydrogens (primary N) is 1. The van der Waals surface area contributed by atoms with Crippen molar-refractivity contribution in [3.8, 4) is 0 Å². The van der Waals surface area contributed by atoms with Crippen LogP contribution in [0.5, 0.6) is 0 Å². The number of hydrogen-bond acceptors (Lipinski definition) is 4. The van der Waals surface area contributed by atoms with Crippen molar-refractivity contribution in [2.24, 2.45) is 5.73 Å². The molecule has 1 heterocycles. The van der Waals surface area contributed by atoms with Gasteiger partial charge in [-0.05, 0) is 18.9 Å². The van der Waals surface area contributed by atoms with Crippen molar-refractivity contribution in [2.75, 3.05) is 6.61 Å². The zero-order valence-electron chi connectivity index (χ0n) is 11.5. The lowest BCUT2D eigenvalue weighted by atomic mass is 10.1. The quantitative estimate of drug-likeness (QED) is 0.810. The minimum absolute atomic E-state index is 0.107. The summed E-state index contributed by atoms with van der Waals surface area (Å²) < 4.78 is 7.00. The summed E-state index contributed by atoms with van der Waals surface area (Å²) in [5.41, 5.74) is 6.27. The summed E-state index contributed by atoms with van der Waals surface area (Å²) in [4.78, 5) is 14.9. The molecule has 2 rings (SSSR count). The lowest BCUT2D eigenvalue weighted by Gasteiger charge is -2.06. The van der Waals surface area contributed by atoms with Gasteiger partial charge in [-0.3, -0.25) is 4.79 Å². The average Bonchev–Trinajstić information content (AvgIpc) is 2.77. The molecule has 0 radical (unpaired) electrons. The normalized spacial score (nSPS) is 10.7. The molecule has 6 heteroatoms. The molecule has 0 unspecified atom stereocenters. The Morgan fingerprint density at radius 3 is 2.80 bits per heavy atom. The van der Waals surface area contributed by atoms with E-state index in [2.05, 4.69) is 22.2 Å². The molecule has 106 valence electrons. The fourth-order valence-corrected chi connectivity index (χ4v) is 1.91. The zero-order valence-corrected chi connectivity index (χ0v) is 11.5. The summed E-state index contributed by atoms with van der Waals surface area (Å²) in [7, 11) is 0. The summed E-state index contributed by atoms with van der Waals surface area (Å²) in [6.45, 7) is 2.68. The second kappa shape index (κ2) is 6.81. The summed E-state index contributed by atoms with van der Waals surface area (Å²) >= 11 is 0. The number of aromatic nitrogens is 3. The minimum Gasteiger partial charge on any atom is -0.368 e. The summed E-state index contributed by atoms with van der Waals surface area (Å²) in [6, 6.07) is 10.2. The van der Waals surface area contributed by atoms with Gasteiger partial charge in [0.1, 0.15) is 19.0 Å². The largest absolute Gasteiger partial charge is 0.368 e. The van der Waals surface area contributed by atoms with E-state index in [1.54, 1.807) is 0 Å². The number of carbonyl (C=O) groups is 1. The highest BCUT2D eigenvalue weighted by atomic mass is 16.5. The lowest BCUT2D eigenvalue weighted by Crippen LogP contribution is -2.19. The number of nitrogens with zero attached hydrogens (tertiary/aromatic N) is 3. The maximum absolute atomic E-state index is 10.6. The first kappa shape index (κ1) is 14.2. The van der Waals surface area contributed by atoms with Crippen LogP contribution in [0.15, 0.2) is 30.3 Å². The molecule has 20 heavy (non-hydrogen) atoms. The fraction of sp³-hybridized carbons (Fsp3) is 0.357. The van der Waals surface area contributed by atoms with Crippen molar-refractivity contribution in [1.29, 1.82) is 0 Å². The molecule has 0 aliphatic heterocycles. The minimum atomic E-state index is -0.489. The highest BCUT2D eigenvalue weighted by Crippen LogP contribution is 2.05. The molecule has 2 N–H and O–H groups in total. The van der Waals surface area contributed by atoms with E-state index in [9.17, 15) is 4.79 Å². The van der Waals surface area contributed by atoms with E-state index in [1.165, 1.54) is 5.56 Å². The third-order valence-corrected chi connectivity index (χ3v) is 2.78. The number of aryl methyl sites for hydroxylation is 3.